The third-order valence-electron chi connectivity index (χ3n) is 3.33. The summed E-state index contributed by atoms with van der Waals surface area (Å²) < 4.78 is 44.3. The van der Waals surface area contributed by atoms with Crippen molar-refractivity contribution in [2.24, 2.45) is 0 Å². The van der Waals surface area contributed by atoms with Crippen LogP contribution in [0.5, 0.6) is 5.75 Å². The number of halogens is 4. The second-order valence-electron chi connectivity index (χ2n) is 5.35. The summed E-state index contributed by atoms with van der Waals surface area (Å²) in [6.45, 7) is 0.826. The van der Waals surface area contributed by atoms with Gasteiger partial charge in [-0.2, -0.15) is 13.2 Å². The summed E-state index contributed by atoms with van der Waals surface area (Å²) >= 11 is 3.32. The highest BCUT2D eigenvalue weighted by Crippen LogP contribution is 2.29. The van der Waals surface area contributed by atoms with Crippen molar-refractivity contribution in [2.75, 3.05) is 13.2 Å². The van der Waals surface area contributed by atoms with Gasteiger partial charge in [0, 0.05) is 10.0 Å². The fourth-order valence-electron chi connectivity index (χ4n) is 2.11. The summed E-state index contributed by atoms with van der Waals surface area (Å²) in [4.78, 5) is 0. The second-order valence-corrected chi connectivity index (χ2v) is 6.26. The minimum Gasteiger partial charge on any atom is -0.491 e. The number of quaternary nitrogens is 1. The number of alkyl halides is 3. The molecule has 0 unspecified atom stereocenters. The number of ether oxygens (including phenoxy) is 1. The van der Waals surface area contributed by atoms with Gasteiger partial charge in [-0.05, 0) is 36.4 Å². The van der Waals surface area contributed by atoms with Crippen LogP contribution in [0.1, 0.15) is 11.1 Å². The van der Waals surface area contributed by atoms with Crippen LogP contribution in [0.3, 0.4) is 0 Å². The molecule has 0 aliphatic rings. The minimum absolute atomic E-state index is 0.126. The van der Waals surface area contributed by atoms with Crippen LogP contribution in [0.25, 0.3) is 0 Å². The number of benzene rings is 2. The van der Waals surface area contributed by atoms with Crippen molar-refractivity contribution in [3.8, 4) is 5.75 Å². The molecule has 0 saturated heterocycles. The minimum atomic E-state index is -4.34. The van der Waals surface area contributed by atoms with E-state index in [4.69, 9.17) is 4.74 Å². The largest absolute Gasteiger partial charge is 0.491 e. The highest BCUT2D eigenvalue weighted by atomic mass is 79.9. The number of hydrogen-bond donors (Lipinski definition) is 2. The maximum Gasteiger partial charge on any atom is 0.416 e. The van der Waals surface area contributed by atoms with E-state index in [9.17, 15) is 18.3 Å². The number of hydrogen-bond acceptors (Lipinski definition) is 2. The molecule has 0 fully saturated rings. The monoisotopic (exact) mass is 404 g/mol. The summed E-state index contributed by atoms with van der Waals surface area (Å²) in [6.07, 6.45) is -5.05. The molecule has 0 radical (unpaired) electrons. The number of nitrogens with two attached hydrogens (primary N) is 1. The smallest absolute Gasteiger partial charge is 0.416 e. The Labute approximate surface area is 146 Å². The molecule has 0 saturated carbocycles. The molecule has 0 bridgehead atoms. The maximum atomic E-state index is 12.6. The van der Waals surface area contributed by atoms with Gasteiger partial charge >= 0.3 is 6.18 Å². The number of aliphatic hydroxyl groups is 1. The zero-order chi connectivity index (χ0) is 17.6. The van der Waals surface area contributed by atoms with E-state index in [0.717, 1.165) is 16.6 Å². The SMILES string of the molecule is O[C@H](C[NH2+]Cc1cccc(C(F)(F)F)c1)COc1ccc(Br)cc1. The lowest BCUT2D eigenvalue weighted by Gasteiger charge is -2.12. The molecule has 24 heavy (non-hydrogen) atoms. The van der Waals surface area contributed by atoms with Gasteiger partial charge in [0.25, 0.3) is 0 Å². The summed E-state index contributed by atoms with van der Waals surface area (Å²) in [5.74, 6) is 0.648. The molecule has 7 heteroatoms. The third-order valence-corrected chi connectivity index (χ3v) is 3.86. The molecule has 3 N–H and O–H groups in total. The molecule has 0 amide bonds. The number of rotatable bonds is 7. The zero-order valence-corrected chi connectivity index (χ0v) is 14.3. The molecule has 130 valence electrons. The van der Waals surface area contributed by atoms with Crippen molar-refractivity contribution in [1.82, 2.24) is 0 Å². The fourth-order valence-corrected chi connectivity index (χ4v) is 2.37. The molecular formula is C17H18BrF3NO2+. The quantitative estimate of drug-likeness (QED) is 0.744. The van der Waals surface area contributed by atoms with Crippen LogP contribution in [-0.4, -0.2) is 24.4 Å². The van der Waals surface area contributed by atoms with Crippen LogP contribution in [-0.2, 0) is 12.7 Å². The second kappa shape index (κ2) is 8.50. The Kier molecular flexibility index (Phi) is 6.65. The summed E-state index contributed by atoms with van der Waals surface area (Å²) in [6, 6.07) is 12.4. The molecule has 0 aliphatic heterocycles. The molecule has 0 aromatic heterocycles. The van der Waals surface area contributed by atoms with E-state index in [-0.39, 0.29) is 6.61 Å². The predicted molar refractivity (Wildman–Crippen MR) is 87.6 cm³/mol. The van der Waals surface area contributed by atoms with Crippen LogP contribution in [0.4, 0.5) is 13.2 Å². The summed E-state index contributed by atoms with van der Waals surface area (Å²) in [5.41, 5.74) is -0.0987. The van der Waals surface area contributed by atoms with Crippen LogP contribution in [0.2, 0.25) is 0 Å². The van der Waals surface area contributed by atoms with Gasteiger partial charge in [-0.15, -0.1) is 0 Å². The Balaban J connectivity index is 1.74. The third kappa shape index (κ3) is 6.14. The Hall–Kier alpha value is -1.57. The fraction of sp³-hybridized carbons (Fsp3) is 0.294. The summed E-state index contributed by atoms with van der Waals surface area (Å²) in [5, 5.41) is 11.6. The van der Waals surface area contributed by atoms with Crippen molar-refractivity contribution in [3.05, 3.63) is 64.1 Å². The van der Waals surface area contributed by atoms with Crippen LogP contribution < -0.4 is 10.1 Å². The van der Waals surface area contributed by atoms with E-state index in [1.165, 1.54) is 6.07 Å². The first-order valence-corrected chi connectivity index (χ1v) is 8.18. The first-order valence-electron chi connectivity index (χ1n) is 7.39. The lowest BCUT2D eigenvalue weighted by molar-refractivity contribution is -0.676. The van der Waals surface area contributed by atoms with Gasteiger partial charge in [0.2, 0.25) is 0 Å². The average molecular weight is 405 g/mol. The standard InChI is InChI=1S/C17H17BrF3NO2/c18-14-4-6-16(7-5-14)24-11-15(23)10-22-9-12-2-1-3-13(8-12)17(19,20)21/h1-8,15,22-23H,9-11H2/p+1/t15-/m1/s1. The van der Waals surface area contributed by atoms with Gasteiger partial charge in [0.15, 0.2) is 0 Å². The number of aliphatic hydroxyl groups excluding tert-OH is 1. The maximum absolute atomic E-state index is 12.6. The van der Waals surface area contributed by atoms with Crippen molar-refractivity contribution >= 4 is 15.9 Å². The topological polar surface area (TPSA) is 46.1 Å². The van der Waals surface area contributed by atoms with Gasteiger partial charge in [-0.1, -0.05) is 28.1 Å². The lowest BCUT2D eigenvalue weighted by atomic mass is 10.1. The molecule has 2 aromatic rings. The van der Waals surface area contributed by atoms with E-state index in [2.05, 4.69) is 15.9 Å². The van der Waals surface area contributed by atoms with Gasteiger partial charge in [0.05, 0.1) is 5.56 Å². The van der Waals surface area contributed by atoms with E-state index < -0.39 is 17.8 Å². The zero-order valence-electron chi connectivity index (χ0n) is 12.8. The molecule has 1 atom stereocenters. The van der Waals surface area contributed by atoms with E-state index in [1.807, 2.05) is 12.1 Å². The first kappa shape index (κ1) is 18.8. The highest BCUT2D eigenvalue weighted by molar-refractivity contribution is 9.10. The molecule has 3 nitrogen and oxygen atoms in total. The van der Waals surface area contributed by atoms with Crippen molar-refractivity contribution in [1.29, 1.82) is 0 Å². The van der Waals surface area contributed by atoms with Crippen LogP contribution in [0, 0.1) is 0 Å². The average Bonchev–Trinajstić information content (AvgIpc) is 2.54. The first-order chi connectivity index (χ1) is 11.3. The van der Waals surface area contributed by atoms with E-state index >= 15 is 0 Å². The van der Waals surface area contributed by atoms with Crippen molar-refractivity contribution in [3.63, 3.8) is 0 Å². The van der Waals surface area contributed by atoms with Gasteiger partial charge in [0.1, 0.15) is 31.5 Å². The highest BCUT2D eigenvalue weighted by Gasteiger charge is 2.30. The Morgan fingerprint density at radius 1 is 1.12 bits per heavy atom. The molecular weight excluding hydrogens is 387 g/mol. The Bertz CT molecular complexity index is 647. The Morgan fingerprint density at radius 2 is 1.83 bits per heavy atom. The van der Waals surface area contributed by atoms with Crippen LogP contribution in [0.15, 0.2) is 53.0 Å². The van der Waals surface area contributed by atoms with Crippen molar-refractivity contribution < 1.29 is 28.3 Å². The molecule has 0 heterocycles. The van der Waals surface area contributed by atoms with Crippen molar-refractivity contribution in [2.45, 2.75) is 18.8 Å². The van der Waals surface area contributed by atoms with Gasteiger partial charge in [-0.25, -0.2) is 0 Å². The van der Waals surface area contributed by atoms with E-state index in [1.54, 1.807) is 23.5 Å². The normalized spacial score (nSPS) is 12.9. The summed E-state index contributed by atoms with van der Waals surface area (Å²) in [7, 11) is 0. The molecule has 2 aromatic carbocycles. The lowest BCUT2D eigenvalue weighted by Crippen LogP contribution is -2.85. The molecule has 0 aliphatic carbocycles. The molecule has 2 rings (SSSR count). The van der Waals surface area contributed by atoms with Crippen LogP contribution >= 0.6 is 15.9 Å². The molecule has 0 spiro atoms. The van der Waals surface area contributed by atoms with Gasteiger partial charge in [-0.3, -0.25) is 0 Å². The van der Waals surface area contributed by atoms with E-state index in [0.29, 0.717) is 24.4 Å². The predicted octanol–water partition coefficient (Wildman–Crippen LogP) is 2.97. The Morgan fingerprint density at radius 3 is 2.50 bits per heavy atom. The van der Waals surface area contributed by atoms with Gasteiger partial charge < -0.3 is 15.2 Å².